The quantitative estimate of drug-likeness (QED) is 0.215. The molecule has 0 bridgehead atoms. The van der Waals surface area contributed by atoms with E-state index in [1.54, 1.807) is 24.8 Å². The Morgan fingerprint density at radius 1 is 1.08 bits per heavy atom. The van der Waals surface area contributed by atoms with Crippen molar-refractivity contribution in [3.05, 3.63) is 82.6 Å². The van der Waals surface area contributed by atoms with Crippen molar-refractivity contribution in [3.63, 3.8) is 0 Å². The van der Waals surface area contributed by atoms with E-state index in [0.29, 0.717) is 29.9 Å². The fourth-order valence-corrected chi connectivity index (χ4v) is 4.52. The highest BCUT2D eigenvalue weighted by atomic mass is 16.5. The molecule has 0 unspecified atom stereocenters. The number of nitrogens with zero attached hydrogens (tertiary/aromatic N) is 4. The minimum Gasteiger partial charge on any atom is -0.491 e. The van der Waals surface area contributed by atoms with E-state index in [1.165, 1.54) is 0 Å². The van der Waals surface area contributed by atoms with Gasteiger partial charge in [-0.3, -0.25) is 14.5 Å². The number of rotatable bonds is 9. The highest BCUT2D eigenvalue weighted by molar-refractivity contribution is 6.19. The number of imide groups is 1. The third-order valence-corrected chi connectivity index (χ3v) is 6.44. The molecule has 0 N–H and O–H groups in total. The molecule has 2 heterocycles. The van der Waals surface area contributed by atoms with Crippen LogP contribution in [0.4, 0.5) is 0 Å². The van der Waals surface area contributed by atoms with Crippen molar-refractivity contribution in [2.24, 2.45) is 0 Å². The van der Waals surface area contributed by atoms with Crippen molar-refractivity contribution in [2.45, 2.75) is 40.2 Å². The molecule has 0 saturated heterocycles. The average molecular weight is 525 g/mol. The topological polar surface area (TPSA) is 97.5 Å². The van der Waals surface area contributed by atoms with Crippen LogP contribution in [0.3, 0.4) is 0 Å². The molecule has 0 spiro atoms. The fourth-order valence-electron chi connectivity index (χ4n) is 4.52. The van der Waals surface area contributed by atoms with Crippen LogP contribution in [0.15, 0.2) is 71.4 Å². The number of hydrogen-bond acceptors (Lipinski definition) is 6. The Morgan fingerprint density at radius 3 is 2.46 bits per heavy atom. The molecular weight excluding hydrogens is 492 g/mol. The zero-order valence-corrected chi connectivity index (χ0v) is 22.9. The van der Waals surface area contributed by atoms with Crippen LogP contribution in [0.1, 0.15) is 38.3 Å². The summed E-state index contributed by atoms with van der Waals surface area (Å²) in [6.45, 7) is 8.13. The summed E-state index contributed by atoms with van der Waals surface area (Å²) in [7, 11) is 1.56. The van der Waals surface area contributed by atoms with Crippen LogP contribution in [0.5, 0.6) is 5.75 Å². The number of nitriles is 1. The molecule has 8 nitrogen and oxygen atoms in total. The summed E-state index contributed by atoms with van der Waals surface area (Å²) < 4.78 is 12.7. The van der Waals surface area contributed by atoms with Gasteiger partial charge in [0.25, 0.3) is 11.8 Å². The van der Waals surface area contributed by atoms with Crippen molar-refractivity contribution < 1.29 is 19.1 Å². The average Bonchev–Trinajstić information content (AvgIpc) is 3.33. The van der Waals surface area contributed by atoms with Gasteiger partial charge in [-0.2, -0.15) is 10.4 Å². The lowest BCUT2D eigenvalue weighted by Crippen LogP contribution is -2.43. The Hall–Kier alpha value is -4.48. The van der Waals surface area contributed by atoms with Gasteiger partial charge in [0.2, 0.25) is 0 Å². The molecule has 3 aromatic rings. The summed E-state index contributed by atoms with van der Waals surface area (Å²) in [6.07, 6.45) is 4.10. The summed E-state index contributed by atoms with van der Waals surface area (Å²) in [4.78, 5) is 27.6. The molecule has 0 saturated carbocycles. The van der Waals surface area contributed by atoms with Gasteiger partial charge >= 0.3 is 0 Å². The van der Waals surface area contributed by atoms with Crippen LogP contribution in [0, 0.1) is 18.3 Å². The molecule has 2 amide bonds. The van der Waals surface area contributed by atoms with Gasteiger partial charge in [-0.05, 0) is 81.7 Å². The lowest BCUT2D eigenvalue weighted by molar-refractivity contribution is -0.140. The number of aryl methyl sites for hydroxylation is 1. The number of amides is 2. The van der Waals surface area contributed by atoms with Gasteiger partial charge < -0.3 is 9.47 Å². The molecule has 0 aliphatic carbocycles. The van der Waals surface area contributed by atoms with Crippen molar-refractivity contribution in [1.82, 2.24) is 14.7 Å². The molecule has 1 aromatic heterocycles. The Bertz CT molecular complexity index is 1490. The van der Waals surface area contributed by atoms with E-state index in [2.05, 4.69) is 0 Å². The number of carbonyl (C=O) groups is 2. The highest BCUT2D eigenvalue weighted by Crippen LogP contribution is 2.33. The highest BCUT2D eigenvalue weighted by Gasteiger charge is 2.35. The smallest absolute Gasteiger partial charge is 0.271 e. The molecule has 39 heavy (non-hydrogen) atoms. The molecule has 0 atom stereocenters. The van der Waals surface area contributed by atoms with Gasteiger partial charge in [0.1, 0.15) is 23.1 Å². The number of carbonyl (C=O) groups excluding carboxylic acids is 2. The molecular formula is C31H32N4O4. The molecule has 8 heteroatoms. The second-order valence-corrected chi connectivity index (χ2v) is 9.63. The summed E-state index contributed by atoms with van der Waals surface area (Å²) in [5.41, 5.74) is 4.65. The van der Waals surface area contributed by atoms with Crippen molar-refractivity contribution in [1.29, 1.82) is 5.26 Å². The van der Waals surface area contributed by atoms with Gasteiger partial charge in [-0.25, -0.2) is 4.68 Å². The van der Waals surface area contributed by atoms with Gasteiger partial charge in [-0.1, -0.05) is 18.2 Å². The first-order chi connectivity index (χ1) is 18.7. The fraction of sp³-hybridized carbons (Fsp3) is 0.290. The molecule has 4 rings (SSSR count). The number of methoxy groups -OCH3 is 1. The van der Waals surface area contributed by atoms with Crippen LogP contribution in [-0.4, -0.2) is 52.9 Å². The third-order valence-electron chi connectivity index (χ3n) is 6.44. The second kappa shape index (κ2) is 11.9. The van der Waals surface area contributed by atoms with E-state index in [4.69, 9.17) is 14.6 Å². The van der Waals surface area contributed by atoms with Gasteiger partial charge in [0.15, 0.2) is 0 Å². The van der Waals surface area contributed by atoms with Gasteiger partial charge in [0.05, 0.1) is 11.8 Å². The number of hydrogen-bond donors (Lipinski definition) is 0. The Morgan fingerprint density at radius 2 is 1.82 bits per heavy atom. The number of benzene rings is 2. The zero-order valence-electron chi connectivity index (χ0n) is 22.9. The predicted molar refractivity (Wildman–Crippen MR) is 149 cm³/mol. The molecule has 1 aliphatic heterocycles. The maximum atomic E-state index is 13.6. The third kappa shape index (κ3) is 5.84. The van der Waals surface area contributed by atoms with Crippen LogP contribution >= 0.6 is 0 Å². The number of ether oxygens (including phenoxy) is 2. The first kappa shape index (κ1) is 27.6. The normalized spacial score (nSPS) is 14.9. The van der Waals surface area contributed by atoms with E-state index in [-0.39, 0.29) is 23.8 Å². The monoisotopic (exact) mass is 524 g/mol. The van der Waals surface area contributed by atoms with E-state index >= 15 is 0 Å². The minimum absolute atomic E-state index is 0.0402. The Labute approximate surface area is 228 Å². The first-order valence-corrected chi connectivity index (χ1v) is 12.9. The summed E-state index contributed by atoms with van der Waals surface area (Å²) in [5.74, 6) is -0.257. The number of aromatic nitrogens is 2. The maximum Gasteiger partial charge on any atom is 0.271 e. The van der Waals surface area contributed by atoms with Crippen LogP contribution in [-0.2, 0) is 14.3 Å². The predicted octanol–water partition coefficient (Wildman–Crippen LogP) is 5.26. The zero-order chi connectivity index (χ0) is 28.1. The van der Waals surface area contributed by atoms with Crippen LogP contribution in [0.2, 0.25) is 0 Å². The summed E-state index contributed by atoms with van der Waals surface area (Å²) in [6, 6.07) is 17.5. The largest absolute Gasteiger partial charge is 0.491 e. The van der Waals surface area contributed by atoms with Crippen molar-refractivity contribution in [2.75, 3.05) is 20.3 Å². The van der Waals surface area contributed by atoms with Crippen LogP contribution in [0.25, 0.3) is 23.0 Å². The Balaban J connectivity index is 1.87. The molecule has 1 aliphatic rings. The maximum absolute atomic E-state index is 13.6. The van der Waals surface area contributed by atoms with Crippen LogP contribution < -0.4 is 4.74 Å². The van der Waals surface area contributed by atoms with E-state index < -0.39 is 11.8 Å². The number of para-hydroxylation sites is 1. The Kier molecular flexibility index (Phi) is 8.43. The van der Waals surface area contributed by atoms with Gasteiger partial charge in [0, 0.05) is 43.2 Å². The SMILES string of the molecule is COCCCN1C(=O)C(C#N)=C(C)/C(=C\c2cn(-c3ccccc3)nc2-c2ccc(OC(C)C)cc2C)C1=O. The second-order valence-electron chi connectivity index (χ2n) is 9.63. The first-order valence-electron chi connectivity index (χ1n) is 12.9. The lowest BCUT2D eigenvalue weighted by atomic mass is 9.92. The standard InChI is InChI=1S/C31H32N4O4/c1-20(2)39-25-12-13-26(21(3)16-25)29-23(19-35(33-29)24-10-7-6-8-11-24)17-27-22(4)28(18-32)31(37)34(30(27)36)14-9-15-38-5/h6-8,10-13,16-17,19-20H,9,14-15H2,1-5H3/b27-17+. The molecule has 0 radical (unpaired) electrons. The lowest BCUT2D eigenvalue weighted by Gasteiger charge is -2.27. The van der Waals surface area contributed by atoms with E-state index in [9.17, 15) is 14.9 Å². The van der Waals surface area contributed by atoms with Gasteiger partial charge in [-0.15, -0.1) is 0 Å². The van der Waals surface area contributed by atoms with Crippen molar-refractivity contribution in [3.8, 4) is 28.8 Å². The summed E-state index contributed by atoms with van der Waals surface area (Å²) in [5, 5.41) is 14.6. The van der Waals surface area contributed by atoms with Crippen molar-refractivity contribution >= 4 is 17.9 Å². The molecule has 200 valence electrons. The molecule has 2 aromatic carbocycles. The minimum atomic E-state index is -0.579. The van der Waals surface area contributed by atoms with E-state index in [1.807, 2.05) is 81.6 Å². The molecule has 0 fully saturated rings. The summed E-state index contributed by atoms with van der Waals surface area (Å²) >= 11 is 0. The van der Waals surface area contributed by atoms with E-state index in [0.717, 1.165) is 27.5 Å².